The lowest BCUT2D eigenvalue weighted by atomic mass is 9.86. The van der Waals surface area contributed by atoms with E-state index in [9.17, 15) is 9.90 Å². The van der Waals surface area contributed by atoms with Crippen LogP contribution in [0.4, 0.5) is 10.5 Å². The highest BCUT2D eigenvalue weighted by Crippen LogP contribution is 2.31. The van der Waals surface area contributed by atoms with E-state index in [1.165, 1.54) is 0 Å². The Balaban J connectivity index is 1.26. The Labute approximate surface area is 205 Å². The number of aliphatic hydroxyl groups is 1. The number of para-hydroxylation sites is 1. The molecule has 5 rings (SSSR count). The van der Waals surface area contributed by atoms with Crippen LogP contribution in [0.2, 0.25) is 0 Å². The standard InChI is InChI=1S/C29H30N4O2/c1-21-18-27(25-14-8-9-15-26(25)30-21)32-28(34)31-24-16-17-33(19-24)20-29(35,22-10-4-2-5-11-22)23-12-6-3-7-13-23/h2-15,18,24,35H,16-17,19-20H2,1H3,(H2,30,31,32,34)/t24-/m0/s1. The summed E-state index contributed by atoms with van der Waals surface area (Å²) in [6.07, 6.45) is 0.823. The number of rotatable bonds is 6. The lowest BCUT2D eigenvalue weighted by molar-refractivity contribution is 0.0428. The molecule has 1 aromatic heterocycles. The Bertz CT molecular complexity index is 1270. The molecule has 1 fully saturated rings. The van der Waals surface area contributed by atoms with E-state index in [-0.39, 0.29) is 12.1 Å². The number of nitrogens with zero attached hydrogens (tertiary/aromatic N) is 2. The van der Waals surface area contributed by atoms with E-state index in [2.05, 4.69) is 20.5 Å². The second kappa shape index (κ2) is 9.86. The molecule has 0 aliphatic carbocycles. The Kier molecular flexibility index (Phi) is 6.49. The van der Waals surface area contributed by atoms with Crippen LogP contribution in [-0.4, -0.2) is 46.7 Å². The molecule has 0 spiro atoms. The fourth-order valence-electron chi connectivity index (χ4n) is 4.95. The van der Waals surface area contributed by atoms with Crippen LogP contribution >= 0.6 is 0 Å². The van der Waals surface area contributed by atoms with Gasteiger partial charge in [-0.2, -0.15) is 0 Å². The van der Waals surface area contributed by atoms with Crippen LogP contribution in [0.3, 0.4) is 0 Å². The summed E-state index contributed by atoms with van der Waals surface area (Å²) in [5.41, 5.74) is 3.05. The molecule has 0 saturated carbocycles. The summed E-state index contributed by atoms with van der Waals surface area (Å²) in [5.74, 6) is 0. The number of aromatic nitrogens is 1. The minimum absolute atomic E-state index is 0.00000457. The van der Waals surface area contributed by atoms with E-state index in [1.807, 2.05) is 97.9 Å². The van der Waals surface area contributed by atoms with Crippen LogP contribution in [0, 0.1) is 6.92 Å². The quantitative estimate of drug-likeness (QED) is 0.386. The second-order valence-corrected chi connectivity index (χ2v) is 9.24. The smallest absolute Gasteiger partial charge is 0.319 e. The van der Waals surface area contributed by atoms with Gasteiger partial charge in [-0.25, -0.2) is 4.79 Å². The van der Waals surface area contributed by atoms with E-state index in [4.69, 9.17) is 0 Å². The minimum atomic E-state index is -1.13. The Morgan fingerprint density at radius 1 is 1.00 bits per heavy atom. The number of nitrogens with one attached hydrogen (secondary N) is 2. The monoisotopic (exact) mass is 466 g/mol. The molecule has 1 saturated heterocycles. The molecule has 1 aliphatic rings. The lowest BCUT2D eigenvalue weighted by Crippen LogP contribution is -2.44. The van der Waals surface area contributed by atoms with Crippen LogP contribution < -0.4 is 10.6 Å². The molecule has 3 N–H and O–H groups in total. The van der Waals surface area contributed by atoms with Crippen LogP contribution in [0.1, 0.15) is 23.2 Å². The van der Waals surface area contributed by atoms with Crippen molar-refractivity contribution in [1.82, 2.24) is 15.2 Å². The predicted octanol–water partition coefficient (Wildman–Crippen LogP) is 4.68. The van der Waals surface area contributed by atoms with Crippen molar-refractivity contribution in [2.45, 2.75) is 25.0 Å². The highest BCUT2D eigenvalue weighted by Gasteiger charge is 2.36. The van der Waals surface area contributed by atoms with E-state index < -0.39 is 5.60 Å². The maximum atomic E-state index is 12.8. The molecule has 0 bridgehead atoms. The third-order valence-corrected chi connectivity index (χ3v) is 6.66. The summed E-state index contributed by atoms with van der Waals surface area (Å²) >= 11 is 0. The average Bonchev–Trinajstić information content (AvgIpc) is 3.31. The van der Waals surface area contributed by atoms with E-state index in [1.54, 1.807) is 0 Å². The molecule has 2 amide bonds. The number of carbonyl (C=O) groups excluding carboxylic acids is 1. The number of likely N-dealkylation sites (tertiary alicyclic amines) is 1. The van der Waals surface area contributed by atoms with Gasteiger partial charge < -0.3 is 15.7 Å². The topological polar surface area (TPSA) is 77.5 Å². The number of benzene rings is 3. The maximum Gasteiger partial charge on any atom is 0.319 e. The second-order valence-electron chi connectivity index (χ2n) is 9.24. The Hall–Kier alpha value is -3.74. The number of carbonyl (C=O) groups is 1. The molecular weight excluding hydrogens is 436 g/mol. The molecule has 178 valence electrons. The molecule has 6 heteroatoms. The fourth-order valence-corrected chi connectivity index (χ4v) is 4.95. The molecule has 4 aromatic rings. The van der Waals surface area contributed by atoms with Crippen LogP contribution in [-0.2, 0) is 5.60 Å². The van der Waals surface area contributed by atoms with Crippen molar-refractivity contribution in [3.8, 4) is 0 Å². The molecule has 0 radical (unpaired) electrons. The van der Waals surface area contributed by atoms with Gasteiger partial charge in [0.25, 0.3) is 0 Å². The van der Waals surface area contributed by atoms with Gasteiger partial charge in [-0.3, -0.25) is 9.88 Å². The van der Waals surface area contributed by atoms with Crippen molar-refractivity contribution >= 4 is 22.6 Å². The zero-order valence-electron chi connectivity index (χ0n) is 19.8. The van der Waals surface area contributed by atoms with E-state index >= 15 is 0 Å². The summed E-state index contributed by atoms with van der Waals surface area (Å²) in [7, 11) is 0. The predicted molar refractivity (Wildman–Crippen MR) is 139 cm³/mol. The van der Waals surface area contributed by atoms with Gasteiger partial charge in [0.05, 0.1) is 11.2 Å². The summed E-state index contributed by atoms with van der Waals surface area (Å²) in [4.78, 5) is 19.6. The van der Waals surface area contributed by atoms with Crippen molar-refractivity contribution in [1.29, 1.82) is 0 Å². The number of hydrogen-bond donors (Lipinski definition) is 3. The molecule has 0 unspecified atom stereocenters. The summed E-state index contributed by atoms with van der Waals surface area (Å²) < 4.78 is 0. The first-order valence-electron chi connectivity index (χ1n) is 12.0. The van der Waals surface area contributed by atoms with Gasteiger partial charge in [0.15, 0.2) is 0 Å². The van der Waals surface area contributed by atoms with Crippen molar-refractivity contribution < 1.29 is 9.90 Å². The molecule has 1 aliphatic heterocycles. The zero-order chi connectivity index (χ0) is 24.3. The molecule has 6 nitrogen and oxygen atoms in total. The number of anilines is 1. The third-order valence-electron chi connectivity index (χ3n) is 6.66. The fraction of sp³-hybridized carbons (Fsp3) is 0.241. The summed E-state index contributed by atoms with van der Waals surface area (Å²) in [5, 5.41) is 18.9. The first kappa shape index (κ1) is 23.0. The van der Waals surface area contributed by atoms with Gasteiger partial charge in [-0.05, 0) is 36.6 Å². The minimum Gasteiger partial charge on any atom is -0.379 e. The molecule has 1 atom stereocenters. The van der Waals surface area contributed by atoms with Gasteiger partial charge in [-0.15, -0.1) is 0 Å². The van der Waals surface area contributed by atoms with Gasteiger partial charge >= 0.3 is 6.03 Å². The highest BCUT2D eigenvalue weighted by molar-refractivity contribution is 6.00. The molecule has 2 heterocycles. The number of β-amino-alcohol motifs (C(OH)–C–C–N with tert-alkyl or cyclic N) is 1. The molecular formula is C29H30N4O2. The van der Waals surface area contributed by atoms with Crippen molar-refractivity contribution in [2.75, 3.05) is 25.0 Å². The number of pyridine rings is 1. The Morgan fingerprint density at radius 3 is 2.31 bits per heavy atom. The number of hydrogen-bond acceptors (Lipinski definition) is 4. The van der Waals surface area contributed by atoms with Crippen molar-refractivity contribution in [3.05, 3.63) is 108 Å². The number of amides is 2. The van der Waals surface area contributed by atoms with Gasteiger partial charge in [-0.1, -0.05) is 78.9 Å². The SMILES string of the molecule is Cc1cc(NC(=O)N[C@H]2CCN(CC(O)(c3ccccc3)c3ccccc3)C2)c2ccccc2n1. The first-order chi connectivity index (χ1) is 17.0. The highest BCUT2D eigenvalue weighted by atomic mass is 16.3. The first-order valence-corrected chi connectivity index (χ1v) is 12.0. The normalized spacial score (nSPS) is 16.3. The lowest BCUT2D eigenvalue weighted by Gasteiger charge is -2.33. The van der Waals surface area contributed by atoms with Gasteiger partial charge in [0, 0.05) is 36.8 Å². The molecule has 3 aromatic carbocycles. The summed E-state index contributed by atoms with van der Waals surface area (Å²) in [6.45, 7) is 3.84. The number of aryl methyl sites for hydroxylation is 1. The van der Waals surface area contributed by atoms with Crippen molar-refractivity contribution in [3.63, 3.8) is 0 Å². The van der Waals surface area contributed by atoms with Gasteiger partial charge in [0.1, 0.15) is 5.60 Å². The molecule has 35 heavy (non-hydrogen) atoms. The van der Waals surface area contributed by atoms with Crippen molar-refractivity contribution in [2.24, 2.45) is 0 Å². The van der Waals surface area contributed by atoms with E-state index in [0.29, 0.717) is 13.1 Å². The Morgan fingerprint density at radius 2 is 1.63 bits per heavy atom. The third kappa shape index (κ3) is 5.04. The number of urea groups is 1. The number of fused-ring (bicyclic) bond motifs is 1. The van der Waals surface area contributed by atoms with Crippen LogP contribution in [0.5, 0.6) is 0 Å². The van der Waals surface area contributed by atoms with E-state index in [0.717, 1.165) is 46.4 Å². The maximum absolute atomic E-state index is 12.8. The largest absolute Gasteiger partial charge is 0.379 e. The van der Waals surface area contributed by atoms with Gasteiger partial charge in [0.2, 0.25) is 0 Å². The van der Waals surface area contributed by atoms with Crippen LogP contribution in [0.25, 0.3) is 10.9 Å². The average molecular weight is 467 g/mol. The van der Waals surface area contributed by atoms with Crippen LogP contribution in [0.15, 0.2) is 91.0 Å². The summed E-state index contributed by atoms with van der Waals surface area (Å²) in [6, 6.07) is 29.0. The zero-order valence-corrected chi connectivity index (χ0v) is 19.8.